The number of hydrogen-bond donors (Lipinski definition) is 1. The number of halogens is 3. The van der Waals surface area contributed by atoms with Crippen molar-refractivity contribution in [1.82, 2.24) is 0 Å². The van der Waals surface area contributed by atoms with Crippen LogP contribution in [0.15, 0.2) is 42.5 Å². The summed E-state index contributed by atoms with van der Waals surface area (Å²) in [6.45, 7) is 0. The molecule has 0 bridgehead atoms. The fourth-order valence-electron chi connectivity index (χ4n) is 2.86. The zero-order valence-electron chi connectivity index (χ0n) is 12.6. The van der Waals surface area contributed by atoms with Gasteiger partial charge in [-0.1, -0.05) is 12.1 Å². The minimum atomic E-state index is -4.38. The third-order valence-electron chi connectivity index (χ3n) is 4.07. The second-order valence-electron chi connectivity index (χ2n) is 5.75. The van der Waals surface area contributed by atoms with E-state index in [-0.39, 0.29) is 11.7 Å². The highest BCUT2D eigenvalue weighted by atomic mass is 19.4. The van der Waals surface area contributed by atoms with E-state index in [4.69, 9.17) is 9.84 Å². The van der Waals surface area contributed by atoms with Gasteiger partial charge in [0.1, 0.15) is 11.9 Å². The minimum absolute atomic E-state index is 0.160. The molecule has 3 nitrogen and oxygen atoms in total. The molecular weight excluding hydrogens is 321 g/mol. The Bertz CT molecular complexity index is 768. The molecule has 1 N–H and O–H groups in total. The Balaban J connectivity index is 1.90. The van der Waals surface area contributed by atoms with Gasteiger partial charge in [0.15, 0.2) is 0 Å². The number of benzene rings is 2. The van der Waals surface area contributed by atoms with E-state index in [2.05, 4.69) is 0 Å². The largest absolute Gasteiger partial charge is 0.485 e. The molecule has 2 aromatic rings. The maximum atomic E-state index is 12.8. The van der Waals surface area contributed by atoms with E-state index in [9.17, 15) is 18.0 Å². The average molecular weight is 336 g/mol. The van der Waals surface area contributed by atoms with E-state index < -0.39 is 17.7 Å². The standard InChI is InChI=1S/C18H15F3O3/c19-18(20,21)14-7-8-16-12(10-14)4-2-6-15(24-16)11-3-1-5-13(9-11)17(22)23/h1,3,5,7-10,15H,2,4,6H2,(H,22,23). The summed E-state index contributed by atoms with van der Waals surface area (Å²) >= 11 is 0. The Morgan fingerprint density at radius 2 is 1.96 bits per heavy atom. The van der Waals surface area contributed by atoms with Gasteiger partial charge in [0, 0.05) is 0 Å². The molecule has 126 valence electrons. The molecule has 0 aromatic heterocycles. The van der Waals surface area contributed by atoms with Gasteiger partial charge < -0.3 is 9.84 Å². The molecule has 0 spiro atoms. The van der Waals surface area contributed by atoms with Crippen LogP contribution in [0.2, 0.25) is 0 Å². The molecule has 0 aliphatic carbocycles. The van der Waals surface area contributed by atoms with Crippen LogP contribution in [0, 0.1) is 0 Å². The average Bonchev–Trinajstić information content (AvgIpc) is 2.75. The molecule has 1 atom stereocenters. The van der Waals surface area contributed by atoms with Crippen molar-refractivity contribution in [2.75, 3.05) is 0 Å². The lowest BCUT2D eigenvalue weighted by atomic mass is 10.0. The molecule has 1 aliphatic heterocycles. The maximum Gasteiger partial charge on any atom is 0.416 e. The molecule has 0 fully saturated rings. The predicted octanol–water partition coefficient (Wildman–Crippen LogP) is 4.86. The lowest BCUT2D eigenvalue weighted by Gasteiger charge is -2.19. The fourth-order valence-corrected chi connectivity index (χ4v) is 2.86. The summed E-state index contributed by atoms with van der Waals surface area (Å²) in [4.78, 5) is 11.1. The SMILES string of the molecule is O=C(O)c1cccc(C2CCCc3cc(C(F)(F)F)ccc3O2)c1. The van der Waals surface area contributed by atoms with Crippen molar-refractivity contribution in [2.24, 2.45) is 0 Å². The number of hydrogen-bond acceptors (Lipinski definition) is 2. The molecule has 3 rings (SSSR count). The first kappa shape index (κ1) is 16.4. The summed E-state index contributed by atoms with van der Waals surface area (Å²) in [6.07, 6.45) is -2.98. The second kappa shape index (κ2) is 6.19. The molecule has 1 aliphatic rings. The first-order valence-electron chi connectivity index (χ1n) is 7.54. The van der Waals surface area contributed by atoms with Crippen LogP contribution in [0.4, 0.5) is 13.2 Å². The van der Waals surface area contributed by atoms with Crippen molar-refractivity contribution in [2.45, 2.75) is 31.5 Å². The molecule has 1 heterocycles. The third kappa shape index (κ3) is 3.37. The highest BCUT2D eigenvalue weighted by Crippen LogP contribution is 2.37. The molecule has 0 saturated carbocycles. The van der Waals surface area contributed by atoms with Crippen LogP contribution in [-0.4, -0.2) is 11.1 Å². The van der Waals surface area contributed by atoms with Crippen LogP contribution >= 0.6 is 0 Å². The van der Waals surface area contributed by atoms with E-state index in [0.29, 0.717) is 36.1 Å². The Hall–Kier alpha value is -2.50. The summed E-state index contributed by atoms with van der Waals surface area (Å²) in [5.74, 6) is -0.605. The van der Waals surface area contributed by atoms with E-state index in [1.54, 1.807) is 18.2 Å². The van der Waals surface area contributed by atoms with Gasteiger partial charge in [-0.3, -0.25) is 0 Å². The Morgan fingerprint density at radius 1 is 1.17 bits per heavy atom. The number of aryl methyl sites for hydroxylation is 1. The van der Waals surface area contributed by atoms with Gasteiger partial charge >= 0.3 is 12.1 Å². The summed E-state index contributed by atoms with van der Waals surface area (Å²) in [5, 5.41) is 9.08. The first-order valence-corrected chi connectivity index (χ1v) is 7.54. The minimum Gasteiger partial charge on any atom is -0.485 e. The number of aromatic carboxylic acids is 1. The Kier molecular flexibility index (Phi) is 4.22. The van der Waals surface area contributed by atoms with Crippen LogP contribution < -0.4 is 4.74 Å². The first-order chi connectivity index (χ1) is 11.3. The fraction of sp³-hybridized carbons (Fsp3) is 0.278. The Morgan fingerprint density at radius 3 is 2.67 bits per heavy atom. The number of alkyl halides is 3. The normalized spacial score (nSPS) is 17.5. The van der Waals surface area contributed by atoms with Crippen LogP contribution in [0.3, 0.4) is 0 Å². The zero-order chi connectivity index (χ0) is 17.3. The lowest BCUT2D eigenvalue weighted by molar-refractivity contribution is -0.137. The molecule has 1 unspecified atom stereocenters. The van der Waals surface area contributed by atoms with Crippen LogP contribution in [0.25, 0.3) is 0 Å². The Labute approximate surface area is 136 Å². The molecule has 24 heavy (non-hydrogen) atoms. The molecule has 0 amide bonds. The van der Waals surface area contributed by atoms with Crippen molar-refractivity contribution >= 4 is 5.97 Å². The van der Waals surface area contributed by atoms with Crippen LogP contribution in [-0.2, 0) is 12.6 Å². The van der Waals surface area contributed by atoms with Gasteiger partial charge in [-0.15, -0.1) is 0 Å². The molecular formula is C18H15F3O3. The van der Waals surface area contributed by atoms with Crippen LogP contribution in [0.1, 0.15) is 46.0 Å². The second-order valence-corrected chi connectivity index (χ2v) is 5.75. The summed E-state index contributed by atoms with van der Waals surface area (Å²) in [5.41, 5.74) is 0.716. The van der Waals surface area contributed by atoms with Crippen molar-refractivity contribution in [3.05, 3.63) is 64.7 Å². The van der Waals surface area contributed by atoms with Gasteiger partial charge in [-0.05, 0) is 60.7 Å². The smallest absolute Gasteiger partial charge is 0.416 e. The number of rotatable bonds is 2. The highest BCUT2D eigenvalue weighted by molar-refractivity contribution is 5.87. The van der Waals surface area contributed by atoms with E-state index >= 15 is 0 Å². The number of fused-ring (bicyclic) bond motifs is 1. The molecule has 0 radical (unpaired) electrons. The van der Waals surface area contributed by atoms with Crippen molar-refractivity contribution in [1.29, 1.82) is 0 Å². The zero-order valence-corrected chi connectivity index (χ0v) is 12.6. The highest BCUT2D eigenvalue weighted by Gasteiger charge is 2.32. The van der Waals surface area contributed by atoms with Gasteiger partial charge in [0.05, 0.1) is 11.1 Å². The number of ether oxygens (including phenoxy) is 1. The van der Waals surface area contributed by atoms with Crippen molar-refractivity contribution in [3.8, 4) is 5.75 Å². The third-order valence-corrected chi connectivity index (χ3v) is 4.07. The van der Waals surface area contributed by atoms with Gasteiger partial charge in [-0.2, -0.15) is 13.2 Å². The number of carbonyl (C=O) groups is 1. The monoisotopic (exact) mass is 336 g/mol. The predicted molar refractivity (Wildman–Crippen MR) is 81.2 cm³/mol. The number of carboxylic acids is 1. The van der Waals surface area contributed by atoms with Crippen molar-refractivity contribution in [3.63, 3.8) is 0 Å². The summed E-state index contributed by atoms with van der Waals surface area (Å²) in [7, 11) is 0. The molecule has 0 saturated heterocycles. The topological polar surface area (TPSA) is 46.5 Å². The number of carboxylic acid groups (broad SMARTS) is 1. The van der Waals surface area contributed by atoms with Crippen molar-refractivity contribution < 1.29 is 27.8 Å². The van der Waals surface area contributed by atoms with Gasteiger partial charge in [-0.25, -0.2) is 4.79 Å². The lowest BCUT2D eigenvalue weighted by Crippen LogP contribution is -2.09. The van der Waals surface area contributed by atoms with Gasteiger partial charge in [0.25, 0.3) is 0 Å². The van der Waals surface area contributed by atoms with Gasteiger partial charge in [0.2, 0.25) is 0 Å². The summed E-state index contributed by atoms with van der Waals surface area (Å²) in [6, 6.07) is 9.93. The quantitative estimate of drug-likeness (QED) is 0.852. The summed E-state index contributed by atoms with van der Waals surface area (Å²) < 4.78 is 44.4. The maximum absolute atomic E-state index is 12.8. The van der Waals surface area contributed by atoms with E-state index in [0.717, 1.165) is 12.1 Å². The molecule has 6 heteroatoms. The molecule has 2 aromatic carbocycles. The van der Waals surface area contributed by atoms with E-state index in [1.165, 1.54) is 12.1 Å². The van der Waals surface area contributed by atoms with Crippen LogP contribution in [0.5, 0.6) is 5.75 Å². The van der Waals surface area contributed by atoms with E-state index in [1.807, 2.05) is 0 Å².